The van der Waals surface area contributed by atoms with Gasteiger partial charge in [0.1, 0.15) is 5.82 Å². The van der Waals surface area contributed by atoms with Gasteiger partial charge < -0.3 is 5.32 Å². The molecule has 1 N–H and O–H groups in total. The summed E-state index contributed by atoms with van der Waals surface area (Å²) in [5.41, 5.74) is -1.58. The molecule has 110 valence electrons. The van der Waals surface area contributed by atoms with Crippen molar-refractivity contribution in [2.24, 2.45) is 5.92 Å². The summed E-state index contributed by atoms with van der Waals surface area (Å²) in [5, 5.41) is 2.62. The van der Waals surface area contributed by atoms with Crippen molar-refractivity contribution >= 4 is 5.91 Å². The Morgan fingerprint density at radius 1 is 1.30 bits per heavy atom. The zero-order chi connectivity index (χ0) is 14.9. The minimum atomic E-state index is -4.59. The second kappa shape index (κ2) is 5.42. The topological polar surface area (TPSA) is 29.1 Å². The second-order valence-corrected chi connectivity index (χ2v) is 5.18. The average molecular weight is 289 g/mol. The van der Waals surface area contributed by atoms with E-state index in [2.05, 4.69) is 5.32 Å². The standard InChI is InChI=1S/C14H15F4NO/c1-8-3-2-4-12(8)19-13(20)10-7-9(14(16,17)18)5-6-11(10)15/h5-8,12H,2-4H2,1H3,(H,19,20). The van der Waals surface area contributed by atoms with E-state index in [-0.39, 0.29) is 12.0 Å². The molecule has 1 amide bonds. The molecule has 1 fully saturated rings. The zero-order valence-corrected chi connectivity index (χ0v) is 10.9. The van der Waals surface area contributed by atoms with Gasteiger partial charge in [-0.15, -0.1) is 0 Å². The van der Waals surface area contributed by atoms with Crippen LogP contribution >= 0.6 is 0 Å². The van der Waals surface area contributed by atoms with E-state index in [1.807, 2.05) is 6.92 Å². The third kappa shape index (κ3) is 3.11. The van der Waals surface area contributed by atoms with Crippen molar-refractivity contribution in [1.29, 1.82) is 0 Å². The molecule has 0 radical (unpaired) electrons. The number of hydrogen-bond acceptors (Lipinski definition) is 1. The van der Waals surface area contributed by atoms with E-state index >= 15 is 0 Å². The summed E-state index contributed by atoms with van der Waals surface area (Å²) in [4.78, 5) is 11.9. The maximum Gasteiger partial charge on any atom is 0.416 e. The van der Waals surface area contributed by atoms with E-state index in [9.17, 15) is 22.4 Å². The molecule has 2 nitrogen and oxygen atoms in total. The number of amides is 1. The lowest BCUT2D eigenvalue weighted by Crippen LogP contribution is -2.37. The molecule has 6 heteroatoms. The summed E-state index contributed by atoms with van der Waals surface area (Å²) < 4.78 is 51.3. The Morgan fingerprint density at radius 3 is 2.55 bits per heavy atom. The Hall–Kier alpha value is -1.59. The maximum absolute atomic E-state index is 13.6. The molecular weight excluding hydrogens is 274 g/mol. The number of alkyl halides is 3. The summed E-state index contributed by atoms with van der Waals surface area (Å²) in [6, 6.07) is 1.76. The van der Waals surface area contributed by atoms with E-state index < -0.39 is 29.0 Å². The van der Waals surface area contributed by atoms with Gasteiger partial charge in [0.15, 0.2) is 0 Å². The lowest BCUT2D eigenvalue weighted by atomic mass is 10.0. The molecule has 2 atom stereocenters. The first-order valence-electron chi connectivity index (χ1n) is 6.46. The van der Waals surface area contributed by atoms with Crippen molar-refractivity contribution in [3.05, 3.63) is 35.1 Å². The van der Waals surface area contributed by atoms with Crippen LogP contribution in [-0.2, 0) is 6.18 Å². The zero-order valence-electron chi connectivity index (χ0n) is 10.9. The molecule has 2 rings (SSSR count). The second-order valence-electron chi connectivity index (χ2n) is 5.18. The van der Waals surface area contributed by atoms with Crippen LogP contribution in [-0.4, -0.2) is 11.9 Å². The normalized spacial score (nSPS) is 22.9. The van der Waals surface area contributed by atoms with Crippen molar-refractivity contribution in [1.82, 2.24) is 5.32 Å². The summed E-state index contributed by atoms with van der Waals surface area (Å²) >= 11 is 0. The molecule has 0 spiro atoms. The molecule has 1 aromatic rings. The van der Waals surface area contributed by atoms with Gasteiger partial charge in [0.2, 0.25) is 0 Å². The minimum absolute atomic E-state index is 0.101. The number of carbonyl (C=O) groups excluding carboxylic acids is 1. The van der Waals surface area contributed by atoms with Crippen molar-refractivity contribution in [2.45, 2.75) is 38.4 Å². The molecule has 1 aliphatic carbocycles. The molecule has 0 aromatic heterocycles. The summed E-state index contributed by atoms with van der Waals surface area (Å²) in [5.74, 6) is -1.47. The summed E-state index contributed by atoms with van der Waals surface area (Å²) in [7, 11) is 0. The number of halogens is 4. The average Bonchev–Trinajstić information content (AvgIpc) is 2.74. The highest BCUT2D eigenvalue weighted by Gasteiger charge is 2.32. The van der Waals surface area contributed by atoms with Gasteiger partial charge in [-0.2, -0.15) is 13.2 Å². The predicted molar refractivity (Wildman–Crippen MR) is 65.7 cm³/mol. The third-order valence-electron chi connectivity index (χ3n) is 3.72. The van der Waals surface area contributed by atoms with Crippen LogP contribution in [0, 0.1) is 11.7 Å². The highest BCUT2D eigenvalue weighted by molar-refractivity contribution is 5.94. The van der Waals surface area contributed by atoms with Crippen LogP contribution in [0.15, 0.2) is 18.2 Å². The Morgan fingerprint density at radius 2 is 2.00 bits per heavy atom. The Balaban J connectivity index is 2.20. The van der Waals surface area contributed by atoms with Crippen LogP contribution in [0.1, 0.15) is 42.1 Å². The first kappa shape index (κ1) is 14.8. The molecule has 0 bridgehead atoms. The molecule has 0 saturated heterocycles. The maximum atomic E-state index is 13.6. The van der Waals surface area contributed by atoms with Gasteiger partial charge in [-0.3, -0.25) is 4.79 Å². The molecule has 1 aromatic carbocycles. The Bertz CT molecular complexity index is 512. The monoisotopic (exact) mass is 289 g/mol. The van der Waals surface area contributed by atoms with Crippen molar-refractivity contribution in [2.75, 3.05) is 0 Å². The van der Waals surface area contributed by atoms with E-state index in [1.54, 1.807) is 0 Å². The minimum Gasteiger partial charge on any atom is -0.349 e. The fourth-order valence-electron chi connectivity index (χ4n) is 2.48. The van der Waals surface area contributed by atoms with Gasteiger partial charge in [0.05, 0.1) is 11.1 Å². The smallest absolute Gasteiger partial charge is 0.349 e. The van der Waals surface area contributed by atoms with Crippen molar-refractivity contribution < 1.29 is 22.4 Å². The van der Waals surface area contributed by atoms with Crippen LogP contribution in [0.4, 0.5) is 17.6 Å². The van der Waals surface area contributed by atoms with Gasteiger partial charge in [-0.1, -0.05) is 13.3 Å². The largest absolute Gasteiger partial charge is 0.416 e. The van der Waals surface area contributed by atoms with Crippen molar-refractivity contribution in [3.8, 4) is 0 Å². The quantitative estimate of drug-likeness (QED) is 0.825. The van der Waals surface area contributed by atoms with Gasteiger partial charge in [-0.05, 0) is 37.0 Å². The third-order valence-corrected chi connectivity index (χ3v) is 3.72. The van der Waals surface area contributed by atoms with Crippen LogP contribution in [0.3, 0.4) is 0 Å². The van der Waals surface area contributed by atoms with Crippen LogP contribution in [0.5, 0.6) is 0 Å². The number of benzene rings is 1. The van der Waals surface area contributed by atoms with E-state index in [1.165, 1.54) is 0 Å². The van der Waals surface area contributed by atoms with Gasteiger partial charge in [-0.25, -0.2) is 4.39 Å². The van der Waals surface area contributed by atoms with Crippen LogP contribution < -0.4 is 5.32 Å². The van der Waals surface area contributed by atoms with Gasteiger partial charge in [0.25, 0.3) is 5.91 Å². The van der Waals surface area contributed by atoms with Crippen molar-refractivity contribution in [3.63, 3.8) is 0 Å². The van der Waals surface area contributed by atoms with E-state index in [4.69, 9.17) is 0 Å². The lowest BCUT2D eigenvalue weighted by molar-refractivity contribution is -0.137. The fraction of sp³-hybridized carbons (Fsp3) is 0.500. The van der Waals surface area contributed by atoms with E-state index in [0.717, 1.165) is 19.3 Å². The molecule has 20 heavy (non-hydrogen) atoms. The molecule has 1 saturated carbocycles. The molecule has 0 aliphatic heterocycles. The highest BCUT2D eigenvalue weighted by atomic mass is 19.4. The first-order chi connectivity index (χ1) is 9.29. The summed E-state index contributed by atoms with van der Waals surface area (Å²) in [6.45, 7) is 1.96. The molecule has 1 aliphatic rings. The SMILES string of the molecule is CC1CCCC1NC(=O)c1cc(C(F)(F)F)ccc1F. The number of carbonyl (C=O) groups is 1. The number of nitrogens with one attached hydrogen (secondary N) is 1. The van der Waals surface area contributed by atoms with Gasteiger partial charge >= 0.3 is 6.18 Å². The van der Waals surface area contributed by atoms with E-state index in [0.29, 0.717) is 18.2 Å². The lowest BCUT2D eigenvalue weighted by Gasteiger charge is -2.18. The highest BCUT2D eigenvalue weighted by Crippen LogP contribution is 2.31. The number of hydrogen-bond donors (Lipinski definition) is 1. The first-order valence-corrected chi connectivity index (χ1v) is 6.46. The predicted octanol–water partition coefficient (Wildman–Crippen LogP) is 3.76. The van der Waals surface area contributed by atoms with Gasteiger partial charge in [0, 0.05) is 6.04 Å². The molecule has 0 heterocycles. The molecular formula is C14H15F4NO. The van der Waals surface area contributed by atoms with Crippen LogP contribution in [0.2, 0.25) is 0 Å². The molecule has 2 unspecified atom stereocenters. The Labute approximate surface area is 114 Å². The number of rotatable bonds is 2. The van der Waals surface area contributed by atoms with Crippen LogP contribution in [0.25, 0.3) is 0 Å². The summed E-state index contributed by atoms with van der Waals surface area (Å²) in [6.07, 6.45) is -1.91. The Kier molecular flexibility index (Phi) is 4.01. The fourth-order valence-corrected chi connectivity index (χ4v) is 2.48.